The molecule has 4 heterocycles. The van der Waals surface area contributed by atoms with Gasteiger partial charge in [0.25, 0.3) is 11.4 Å². The number of allylic oxidation sites excluding steroid dienone is 2. The fraction of sp³-hybridized carbons (Fsp3) is 0.154. The van der Waals surface area contributed by atoms with E-state index in [0.717, 1.165) is 28.1 Å². The molecule has 32 heavy (non-hydrogen) atoms. The van der Waals surface area contributed by atoms with Crippen molar-refractivity contribution in [3.8, 4) is 11.1 Å². The minimum absolute atomic E-state index is 0.540. The van der Waals surface area contributed by atoms with E-state index < -0.39 is 5.41 Å². The first-order chi connectivity index (χ1) is 15.6. The summed E-state index contributed by atoms with van der Waals surface area (Å²) in [5.74, 6) is 0. The fourth-order valence-corrected chi connectivity index (χ4v) is 5.07. The second-order valence-electron chi connectivity index (χ2n) is 8.28. The smallest absolute Gasteiger partial charge is 0.281 e. The van der Waals surface area contributed by atoms with E-state index in [4.69, 9.17) is 0 Å². The number of H-pyrrole nitrogens is 1. The average molecular weight is 419 g/mol. The Morgan fingerprint density at radius 2 is 1.59 bits per heavy atom. The molecule has 1 aliphatic heterocycles. The molecule has 0 atom stereocenters. The molecule has 0 amide bonds. The Bertz CT molecular complexity index is 1440. The summed E-state index contributed by atoms with van der Waals surface area (Å²) in [5.41, 5.74) is 9.60. The van der Waals surface area contributed by atoms with Gasteiger partial charge in [0, 0.05) is 68.1 Å². The lowest BCUT2D eigenvalue weighted by atomic mass is 9.70. The van der Waals surface area contributed by atoms with E-state index in [-0.39, 0.29) is 0 Å². The highest BCUT2D eigenvalue weighted by Crippen LogP contribution is 2.55. The molecule has 1 aliphatic carbocycles. The maximum atomic E-state index is 4.42. The van der Waals surface area contributed by atoms with Gasteiger partial charge in [-0.15, -0.1) is 0 Å². The summed E-state index contributed by atoms with van der Waals surface area (Å²) >= 11 is 0. The van der Waals surface area contributed by atoms with E-state index in [1.165, 1.54) is 22.5 Å². The quantitative estimate of drug-likeness (QED) is 0.445. The first-order valence-corrected chi connectivity index (χ1v) is 10.6. The van der Waals surface area contributed by atoms with Crippen molar-refractivity contribution in [1.29, 1.82) is 0 Å². The summed E-state index contributed by atoms with van der Waals surface area (Å²) in [6.07, 6.45) is 9.41. The van der Waals surface area contributed by atoms with Gasteiger partial charge < -0.3 is 0 Å². The second-order valence-corrected chi connectivity index (χ2v) is 8.28. The normalized spacial score (nSPS) is 16.0. The summed E-state index contributed by atoms with van der Waals surface area (Å²) in [6, 6.07) is 18.4. The third kappa shape index (κ3) is 2.33. The van der Waals surface area contributed by atoms with Crippen LogP contribution in [-0.4, -0.2) is 42.4 Å². The number of rotatable bonds is 3. The minimum atomic E-state index is -0.540. The van der Waals surface area contributed by atoms with E-state index in [2.05, 4.69) is 87.1 Å². The first kappa shape index (κ1) is 18.6. The molecule has 0 unspecified atom stereocenters. The maximum absolute atomic E-state index is 4.42. The Morgan fingerprint density at radius 1 is 0.875 bits per heavy atom. The Labute approximate surface area is 186 Å². The predicted octanol–water partition coefficient (Wildman–Crippen LogP) is 4.29. The molecule has 6 nitrogen and oxygen atoms in total. The van der Waals surface area contributed by atoms with Crippen LogP contribution < -0.4 is 0 Å². The molecule has 0 saturated heterocycles. The number of aromatic amines is 1. The van der Waals surface area contributed by atoms with Crippen molar-refractivity contribution in [2.45, 2.75) is 19.3 Å². The minimum Gasteiger partial charge on any atom is -0.281 e. The fourth-order valence-electron chi connectivity index (χ4n) is 5.07. The van der Waals surface area contributed by atoms with Crippen molar-refractivity contribution < 1.29 is 9.15 Å². The second kappa shape index (κ2) is 6.67. The number of hydrogen-bond acceptors (Lipinski definition) is 3. The molecule has 4 aromatic rings. The molecule has 1 N–H and O–H groups in total. The SMILES string of the molecule is CC1=C(C)[N+](c2cccc(C3(c4ccn[nH]4)c4ccncc4-c4cnccc43)c2)=C=[N+]1C. The zero-order valence-corrected chi connectivity index (χ0v) is 18.2. The zero-order valence-electron chi connectivity index (χ0n) is 18.2. The third-order valence-corrected chi connectivity index (χ3v) is 6.79. The molecule has 3 aromatic heterocycles. The standard InChI is InChI=1S/C26H22N6/c1-17-18(2)32(16-31(17)3)20-6-4-5-19(13-20)26(25-9-12-29-30-25)23-7-10-27-14-21(23)22-15-28-11-8-24(22)26/h4-15H,1-3H3,(H,29,30)/q+2. The lowest BCUT2D eigenvalue weighted by Crippen LogP contribution is -2.29. The van der Waals surface area contributed by atoms with Crippen molar-refractivity contribution in [3.05, 3.63) is 107 Å². The van der Waals surface area contributed by atoms with E-state index in [9.17, 15) is 0 Å². The van der Waals surface area contributed by atoms with E-state index >= 15 is 0 Å². The summed E-state index contributed by atoms with van der Waals surface area (Å²) in [7, 11) is 2.03. The Balaban J connectivity index is 1.69. The molecule has 0 spiro atoms. The average Bonchev–Trinajstić information content (AvgIpc) is 3.53. The Kier molecular flexibility index (Phi) is 3.88. The van der Waals surface area contributed by atoms with Crippen LogP contribution in [0.25, 0.3) is 11.1 Å². The van der Waals surface area contributed by atoms with Crippen molar-refractivity contribution in [2.75, 3.05) is 7.05 Å². The van der Waals surface area contributed by atoms with E-state index in [1.807, 2.05) is 42.6 Å². The first-order valence-electron chi connectivity index (χ1n) is 10.6. The van der Waals surface area contributed by atoms with E-state index in [1.54, 1.807) is 0 Å². The number of aromatic nitrogens is 4. The molecule has 6 heteroatoms. The lowest BCUT2D eigenvalue weighted by Gasteiger charge is -2.31. The highest BCUT2D eigenvalue weighted by Gasteiger charge is 2.48. The van der Waals surface area contributed by atoms with Gasteiger partial charge in [0.1, 0.15) is 0 Å². The topological polar surface area (TPSA) is 60.5 Å². The van der Waals surface area contributed by atoms with E-state index in [0.29, 0.717) is 0 Å². The van der Waals surface area contributed by atoms with Crippen LogP contribution in [0, 0.1) is 0 Å². The van der Waals surface area contributed by atoms with Crippen LogP contribution >= 0.6 is 0 Å². The summed E-state index contributed by atoms with van der Waals surface area (Å²) in [4.78, 5) is 8.84. The molecule has 0 bridgehead atoms. The molecule has 0 saturated carbocycles. The van der Waals surface area contributed by atoms with Crippen LogP contribution in [0.4, 0.5) is 5.69 Å². The molecule has 1 aromatic carbocycles. The number of pyridine rings is 2. The van der Waals surface area contributed by atoms with Crippen LogP contribution in [0.1, 0.15) is 36.2 Å². The molecule has 0 radical (unpaired) electrons. The van der Waals surface area contributed by atoms with Gasteiger partial charge in [0.05, 0.1) is 11.1 Å². The number of nitrogens with zero attached hydrogens (tertiary/aromatic N) is 5. The van der Waals surface area contributed by atoms with Gasteiger partial charge in [-0.3, -0.25) is 15.1 Å². The predicted molar refractivity (Wildman–Crippen MR) is 121 cm³/mol. The molecule has 154 valence electrons. The lowest BCUT2D eigenvalue weighted by molar-refractivity contribution is -0.445. The van der Waals surface area contributed by atoms with Crippen LogP contribution in [-0.2, 0) is 5.41 Å². The third-order valence-electron chi connectivity index (χ3n) is 6.79. The van der Waals surface area contributed by atoms with Gasteiger partial charge in [-0.1, -0.05) is 21.3 Å². The van der Waals surface area contributed by atoms with Crippen LogP contribution in [0.15, 0.2) is 84.8 Å². The monoisotopic (exact) mass is 418 g/mol. The van der Waals surface area contributed by atoms with Crippen LogP contribution in [0.3, 0.4) is 0 Å². The van der Waals surface area contributed by atoms with Gasteiger partial charge in [-0.05, 0) is 34.9 Å². The highest BCUT2D eigenvalue weighted by molar-refractivity contribution is 5.84. The largest absolute Gasteiger partial charge is 0.495 e. The van der Waals surface area contributed by atoms with Gasteiger partial charge >= 0.3 is 6.01 Å². The van der Waals surface area contributed by atoms with Gasteiger partial charge in [0.15, 0.2) is 7.05 Å². The van der Waals surface area contributed by atoms with Crippen molar-refractivity contribution in [2.24, 2.45) is 0 Å². The van der Waals surface area contributed by atoms with Gasteiger partial charge in [-0.25, -0.2) is 0 Å². The van der Waals surface area contributed by atoms with Crippen LogP contribution in [0.5, 0.6) is 0 Å². The summed E-state index contributed by atoms with van der Waals surface area (Å²) in [5, 5.41) is 7.60. The summed E-state index contributed by atoms with van der Waals surface area (Å²) < 4.78 is 4.15. The number of fused-ring (bicyclic) bond motifs is 3. The molecule has 0 fully saturated rings. The molecule has 6 rings (SSSR count). The van der Waals surface area contributed by atoms with Crippen molar-refractivity contribution >= 4 is 11.7 Å². The Hall–Kier alpha value is -4.15. The maximum Gasteiger partial charge on any atom is 0.495 e. The number of hydrogen-bond donors (Lipinski definition) is 1. The Morgan fingerprint density at radius 3 is 2.19 bits per heavy atom. The highest BCUT2D eigenvalue weighted by atomic mass is 15.2. The molecular formula is C26H22N6+2. The zero-order chi connectivity index (χ0) is 21.9. The van der Waals surface area contributed by atoms with Crippen LogP contribution in [0.2, 0.25) is 0 Å². The number of benzene rings is 1. The molecule has 2 aliphatic rings. The van der Waals surface area contributed by atoms with Crippen molar-refractivity contribution in [3.63, 3.8) is 0 Å². The van der Waals surface area contributed by atoms with Crippen molar-refractivity contribution in [1.82, 2.24) is 20.2 Å². The van der Waals surface area contributed by atoms with Gasteiger partial charge in [0.2, 0.25) is 5.69 Å². The number of nitrogens with one attached hydrogen (secondary N) is 1. The summed E-state index contributed by atoms with van der Waals surface area (Å²) in [6.45, 7) is 4.24. The molecular weight excluding hydrogens is 396 g/mol. The van der Waals surface area contributed by atoms with Gasteiger partial charge in [-0.2, -0.15) is 5.10 Å².